The molecule has 1 heterocycles. The monoisotopic (exact) mass is 396 g/mol. The van der Waals surface area contributed by atoms with Gasteiger partial charge in [0.05, 0.1) is 17.5 Å². The molecule has 3 rings (SSSR count). The summed E-state index contributed by atoms with van der Waals surface area (Å²) in [5, 5.41) is 3.05. The van der Waals surface area contributed by atoms with Crippen LogP contribution in [0.2, 0.25) is 0 Å². The molecule has 0 spiro atoms. The Morgan fingerprint density at radius 2 is 1.59 bits per heavy atom. The first kappa shape index (κ1) is 20.1. The molecule has 150 valence electrons. The standard InChI is InChI=1S/C21H20N2O6/c1-21(2,3)28-20(27)22-14-8-6-7-13(11-14)12-17(24)29-23-18(25)15-9-4-5-10-16(15)19(23)26/h4-11H,12H2,1-3H3,(H,22,27). The van der Waals surface area contributed by atoms with Crippen LogP contribution in [0.15, 0.2) is 48.5 Å². The van der Waals surface area contributed by atoms with Crippen molar-refractivity contribution in [3.05, 3.63) is 65.2 Å². The summed E-state index contributed by atoms with van der Waals surface area (Å²) in [6, 6.07) is 12.8. The molecule has 0 aromatic heterocycles. The summed E-state index contributed by atoms with van der Waals surface area (Å²) in [4.78, 5) is 53.6. The number of anilines is 1. The summed E-state index contributed by atoms with van der Waals surface area (Å²) in [5.74, 6) is -2.15. The van der Waals surface area contributed by atoms with Gasteiger partial charge in [-0.15, -0.1) is 0 Å². The lowest BCUT2D eigenvalue weighted by Gasteiger charge is -2.19. The van der Waals surface area contributed by atoms with Crippen molar-refractivity contribution in [3.8, 4) is 0 Å². The minimum absolute atomic E-state index is 0.189. The minimum atomic E-state index is -0.783. The van der Waals surface area contributed by atoms with Crippen molar-refractivity contribution < 1.29 is 28.8 Å². The lowest BCUT2D eigenvalue weighted by atomic mass is 10.1. The van der Waals surface area contributed by atoms with Gasteiger partial charge in [-0.25, -0.2) is 9.59 Å². The van der Waals surface area contributed by atoms with Crippen molar-refractivity contribution in [2.45, 2.75) is 32.8 Å². The molecule has 1 aliphatic rings. The zero-order valence-electron chi connectivity index (χ0n) is 16.2. The number of nitrogens with zero attached hydrogens (tertiary/aromatic N) is 1. The van der Waals surface area contributed by atoms with Crippen LogP contribution in [0, 0.1) is 0 Å². The summed E-state index contributed by atoms with van der Waals surface area (Å²) >= 11 is 0. The van der Waals surface area contributed by atoms with E-state index in [2.05, 4.69) is 5.32 Å². The number of fused-ring (bicyclic) bond motifs is 1. The van der Waals surface area contributed by atoms with Gasteiger partial charge in [0.25, 0.3) is 11.8 Å². The molecule has 0 atom stereocenters. The summed E-state index contributed by atoms with van der Waals surface area (Å²) in [6.07, 6.45) is -0.819. The predicted octanol–water partition coefficient (Wildman–Crippen LogP) is 3.33. The van der Waals surface area contributed by atoms with E-state index in [0.717, 1.165) is 0 Å². The Labute approximate surface area is 167 Å². The Hall–Kier alpha value is -3.68. The Balaban J connectivity index is 1.63. The van der Waals surface area contributed by atoms with Crippen LogP contribution in [-0.2, 0) is 20.8 Å². The van der Waals surface area contributed by atoms with E-state index in [1.165, 1.54) is 12.1 Å². The number of hydrogen-bond donors (Lipinski definition) is 1. The Morgan fingerprint density at radius 3 is 2.17 bits per heavy atom. The number of nitrogens with one attached hydrogen (secondary N) is 1. The maximum atomic E-state index is 12.3. The highest BCUT2D eigenvalue weighted by atomic mass is 16.7. The molecule has 1 N–H and O–H groups in total. The molecule has 0 aliphatic carbocycles. The number of rotatable bonds is 4. The zero-order chi connectivity index (χ0) is 21.2. The molecule has 0 fully saturated rings. The van der Waals surface area contributed by atoms with E-state index in [1.807, 2.05) is 0 Å². The van der Waals surface area contributed by atoms with E-state index in [-0.39, 0.29) is 17.5 Å². The van der Waals surface area contributed by atoms with Gasteiger partial charge < -0.3 is 9.57 Å². The third-order valence-corrected chi connectivity index (χ3v) is 3.87. The molecule has 0 saturated carbocycles. The maximum absolute atomic E-state index is 12.3. The van der Waals surface area contributed by atoms with Crippen molar-refractivity contribution >= 4 is 29.6 Å². The molecular formula is C21H20N2O6. The second kappa shape index (κ2) is 7.75. The fourth-order valence-electron chi connectivity index (χ4n) is 2.73. The highest BCUT2D eigenvalue weighted by Crippen LogP contribution is 2.23. The van der Waals surface area contributed by atoms with Gasteiger partial charge in [0.15, 0.2) is 0 Å². The number of carbonyl (C=O) groups is 4. The van der Waals surface area contributed by atoms with Crippen molar-refractivity contribution in [1.29, 1.82) is 0 Å². The number of imide groups is 1. The molecule has 0 bridgehead atoms. The first-order valence-corrected chi connectivity index (χ1v) is 8.91. The number of benzene rings is 2. The van der Waals surface area contributed by atoms with Gasteiger partial charge in [0.1, 0.15) is 5.60 Å². The molecule has 0 unspecified atom stereocenters. The number of hydroxylamine groups is 2. The van der Waals surface area contributed by atoms with Crippen LogP contribution < -0.4 is 5.32 Å². The van der Waals surface area contributed by atoms with E-state index in [0.29, 0.717) is 16.3 Å². The lowest BCUT2D eigenvalue weighted by molar-refractivity contribution is -0.167. The molecule has 2 aromatic carbocycles. The van der Waals surface area contributed by atoms with Gasteiger partial charge in [-0.05, 0) is 50.6 Å². The summed E-state index contributed by atoms with van der Waals surface area (Å²) in [6.45, 7) is 5.24. The predicted molar refractivity (Wildman–Crippen MR) is 103 cm³/mol. The van der Waals surface area contributed by atoms with E-state index in [9.17, 15) is 19.2 Å². The average Bonchev–Trinajstić information content (AvgIpc) is 2.86. The van der Waals surface area contributed by atoms with Gasteiger partial charge in [0, 0.05) is 5.69 Å². The number of ether oxygens (including phenoxy) is 1. The number of amides is 3. The zero-order valence-corrected chi connectivity index (χ0v) is 16.2. The van der Waals surface area contributed by atoms with Gasteiger partial charge in [-0.1, -0.05) is 29.3 Å². The largest absolute Gasteiger partial charge is 0.444 e. The van der Waals surface area contributed by atoms with Gasteiger partial charge in [0.2, 0.25) is 0 Å². The van der Waals surface area contributed by atoms with Crippen LogP contribution in [0.5, 0.6) is 0 Å². The van der Waals surface area contributed by atoms with E-state index < -0.39 is 29.5 Å². The highest BCUT2D eigenvalue weighted by Gasteiger charge is 2.38. The van der Waals surface area contributed by atoms with Crippen LogP contribution in [0.25, 0.3) is 0 Å². The summed E-state index contributed by atoms with van der Waals surface area (Å²) in [7, 11) is 0. The molecule has 8 nitrogen and oxygen atoms in total. The number of hydrogen-bond acceptors (Lipinski definition) is 6. The first-order valence-electron chi connectivity index (χ1n) is 8.91. The van der Waals surface area contributed by atoms with Crippen molar-refractivity contribution in [1.82, 2.24) is 5.06 Å². The van der Waals surface area contributed by atoms with Crippen LogP contribution in [-0.4, -0.2) is 34.5 Å². The fraction of sp³-hybridized carbons (Fsp3) is 0.238. The van der Waals surface area contributed by atoms with Gasteiger partial charge in [-0.2, -0.15) is 0 Å². The molecule has 8 heteroatoms. The first-order chi connectivity index (χ1) is 13.6. The highest BCUT2D eigenvalue weighted by molar-refractivity contribution is 6.20. The van der Waals surface area contributed by atoms with E-state index >= 15 is 0 Å². The molecule has 29 heavy (non-hydrogen) atoms. The SMILES string of the molecule is CC(C)(C)OC(=O)Nc1cccc(CC(=O)ON2C(=O)c3ccccc3C2=O)c1. The quantitative estimate of drug-likeness (QED) is 0.796. The van der Waals surface area contributed by atoms with Crippen LogP contribution >= 0.6 is 0 Å². The fourth-order valence-corrected chi connectivity index (χ4v) is 2.73. The second-order valence-electron chi connectivity index (χ2n) is 7.42. The molecule has 1 aliphatic heterocycles. The molecule has 3 amide bonds. The molecular weight excluding hydrogens is 376 g/mol. The Kier molecular flexibility index (Phi) is 5.36. The van der Waals surface area contributed by atoms with Crippen LogP contribution in [0.1, 0.15) is 47.1 Å². The van der Waals surface area contributed by atoms with Crippen molar-refractivity contribution in [2.24, 2.45) is 0 Å². The summed E-state index contributed by atoms with van der Waals surface area (Å²) < 4.78 is 5.18. The molecule has 0 radical (unpaired) electrons. The van der Waals surface area contributed by atoms with Gasteiger partial charge >= 0.3 is 12.1 Å². The molecule has 0 saturated heterocycles. The average molecular weight is 396 g/mol. The number of carbonyl (C=O) groups excluding carboxylic acids is 4. The van der Waals surface area contributed by atoms with Crippen molar-refractivity contribution in [3.63, 3.8) is 0 Å². The third kappa shape index (κ3) is 4.78. The second-order valence-corrected chi connectivity index (χ2v) is 7.42. The smallest absolute Gasteiger partial charge is 0.412 e. The van der Waals surface area contributed by atoms with E-state index in [4.69, 9.17) is 9.57 Å². The third-order valence-electron chi connectivity index (χ3n) is 3.87. The maximum Gasteiger partial charge on any atom is 0.412 e. The van der Waals surface area contributed by atoms with Crippen LogP contribution in [0.4, 0.5) is 10.5 Å². The topological polar surface area (TPSA) is 102 Å². The summed E-state index contributed by atoms with van der Waals surface area (Å²) in [5.41, 5.74) is 0.700. The molecule has 2 aromatic rings. The van der Waals surface area contributed by atoms with Crippen LogP contribution in [0.3, 0.4) is 0 Å². The normalized spacial score (nSPS) is 13.1. The lowest BCUT2D eigenvalue weighted by Crippen LogP contribution is -2.33. The Morgan fingerprint density at radius 1 is 0.966 bits per heavy atom. The van der Waals surface area contributed by atoms with E-state index in [1.54, 1.807) is 57.2 Å². The Bertz CT molecular complexity index is 958. The minimum Gasteiger partial charge on any atom is -0.444 e. The van der Waals surface area contributed by atoms with Gasteiger partial charge in [-0.3, -0.25) is 14.9 Å². The van der Waals surface area contributed by atoms with Crippen molar-refractivity contribution in [2.75, 3.05) is 5.32 Å².